The predicted octanol–water partition coefficient (Wildman–Crippen LogP) is 5.04. The van der Waals surface area contributed by atoms with E-state index in [0.717, 1.165) is 5.56 Å². The Balaban J connectivity index is 2.41. The van der Waals surface area contributed by atoms with E-state index in [0.29, 0.717) is 26.2 Å². The Morgan fingerprint density at radius 1 is 0.944 bits per heavy atom. The molecule has 94 valence electrons. The van der Waals surface area contributed by atoms with E-state index >= 15 is 0 Å². The minimum atomic E-state index is -0.812. The molecular formula is C14H11Cl3O. The highest BCUT2D eigenvalue weighted by atomic mass is 35.5. The molecule has 0 radical (unpaired) electrons. The molecule has 0 aromatic heterocycles. The van der Waals surface area contributed by atoms with Crippen molar-refractivity contribution in [2.24, 2.45) is 0 Å². The molecule has 0 spiro atoms. The summed E-state index contributed by atoms with van der Waals surface area (Å²) in [6, 6.07) is 10.5. The smallest absolute Gasteiger partial charge is 0.106 e. The van der Waals surface area contributed by atoms with Crippen molar-refractivity contribution < 1.29 is 5.11 Å². The fourth-order valence-corrected chi connectivity index (χ4v) is 2.38. The van der Waals surface area contributed by atoms with Crippen LogP contribution in [0.15, 0.2) is 36.4 Å². The fraction of sp³-hybridized carbons (Fsp3) is 0.143. The van der Waals surface area contributed by atoms with E-state index in [2.05, 4.69) is 0 Å². The van der Waals surface area contributed by atoms with Gasteiger partial charge in [-0.25, -0.2) is 0 Å². The minimum absolute atomic E-state index is 0.437. The van der Waals surface area contributed by atoms with Gasteiger partial charge in [-0.1, -0.05) is 53.0 Å². The summed E-state index contributed by atoms with van der Waals surface area (Å²) in [5.41, 5.74) is 2.28. The van der Waals surface area contributed by atoms with Gasteiger partial charge in [0.1, 0.15) is 6.10 Å². The number of halogens is 3. The van der Waals surface area contributed by atoms with Gasteiger partial charge in [-0.05, 0) is 36.2 Å². The number of aliphatic hydroxyl groups excluding tert-OH is 1. The molecular weight excluding hydrogens is 291 g/mol. The summed E-state index contributed by atoms with van der Waals surface area (Å²) in [5, 5.41) is 11.9. The Labute approximate surface area is 121 Å². The molecule has 1 unspecified atom stereocenters. The van der Waals surface area contributed by atoms with E-state index < -0.39 is 6.10 Å². The van der Waals surface area contributed by atoms with E-state index in [1.807, 2.05) is 19.1 Å². The van der Waals surface area contributed by atoms with Crippen LogP contribution in [-0.2, 0) is 0 Å². The van der Waals surface area contributed by atoms with Crippen LogP contribution in [-0.4, -0.2) is 5.11 Å². The van der Waals surface area contributed by atoms with Crippen molar-refractivity contribution >= 4 is 34.8 Å². The van der Waals surface area contributed by atoms with Gasteiger partial charge in [0.05, 0.1) is 0 Å². The third-order valence-corrected chi connectivity index (χ3v) is 3.74. The number of aryl methyl sites for hydroxylation is 1. The summed E-state index contributed by atoms with van der Waals surface area (Å²) in [4.78, 5) is 0. The van der Waals surface area contributed by atoms with Crippen LogP contribution in [0.3, 0.4) is 0 Å². The lowest BCUT2D eigenvalue weighted by molar-refractivity contribution is 0.220. The lowest BCUT2D eigenvalue weighted by Gasteiger charge is -2.14. The molecule has 18 heavy (non-hydrogen) atoms. The zero-order valence-corrected chi connectivity index (χ0v) is 11.9. The van der Waals surface area contributed by atoms with Gasteiger partial charge in [0.15, 0.2) is 0 Å². The first-order valence-corrected chi connectivity index (χ1v) is 6.51. The lowest BCUT2D eigenvalue weighted by Crippen LogP contribution is -2.00. The highest BCUT2D eigenvalue weighted by Crippen LogP contribution is 2.31. The maximum absolute atomic E-state index is 10.3. The quantitative estimate of drug-likeness (QED) is 0.824. The zero-order chi connectivity index (χ0) is 13.3. The number of hydrogen-bond acceptors (Lipinski definition) is 1. The Bertz CT molecular complexity index is 581. The van der Waals surface area contributed by atoms with Gasteiger partial charge in [-0.15, -0.1) is 0 Å². The number of aliphatic hydroxyl groups is 1. The van der Waals surface area contributed by atoms with Gasteiger partial charge in [0.25, 0.3) is 0 Å². The number of rotatable bonds is 2. The molecule has 0 bridgehead atoms. The molecule has 2 rings (SSSR count). The van der Waals surface area contributed by atoms with Gasteiger partial charge in [-0.3, -0.25) is 0 Å². The Morgan fingerprint density at radius 3 is 2.28 bits per heavy atom. The summed E-state index contributed by atoms with van der Waals surface area (Å²) < 4.78 is 0. The van der Waals surface area contributed by atoms with Crippen LogP contribution in [0.2, 0.25) is 15.1 Å². The second-order valence-corrected chi connectivity index (χ2v) is 5.33. The van der Waals surface area contributed by atoms with Crippen LogP contribution in [0, 0.1) is 6.92 Å². The molecule has 0 aliphatic heterocycles. The van der Waals surface area contributed by atoms with Gasteiger partial charge in [-0.2, -0.15) is 0 Å². The minimum Gasteiger partial charge on any atom is -0.384 e. The van der Waals surface area contributed by atoms with Gasteiger partial charge < -0.3 is 5.11 Å². The second-order valence-electron chi connectivity index (χ2n) is 4.08. The monoisotopic (exact) mass is 300 g/mol. The molecule has 1 N–H and O–H groups in total. The molecule has 2 aromatic carbocycles. The average molecular weight is 302 g/mol. The maximum Gasteiger partial charge on any atom is 0.106 e. The highest BCUT2D eigenvalue weighted by Gasteiger charge is 2.15. The maximum atomic E-state index is 10.3. The van der Waals surface area contributed by atoms with Gasteiger partial charge in [0, 0.05) is 20.6 Å². The molecule has 0 aliphatic rings. The molecule has 1 nitrogen and oxygen atoms in total. The van der Waals surface area contributed by atoms with E-state index in [4.69, 9.17) is 34.8 Å². The zero-order valence-electron chi connectivity index (χ0n) is 9.62. The largest absolute Gasteiger partial charge is 0.384 e. The first-order chi connectivity index (χ1) is 8.49. The van der Waals surface area contributed by atoms with Crippen molar-refractivity contribution in [3.05, 3.63) is 68.2 Å². The van der Waals surface area contributed by atoms with E-state index in [9.17, 15) is 5.11 Å². The molecule has 0 saturated heterocycles. The molecule has 0 amide bonds. The van der Waals surface area contributed by atoms with Crippen molar-refractivity contribution in [3.63, 3.8) is 0 Å². The summed E-state index contributed by atoms with van der Waals surface area (Å²) in [5.74, 6) is 0. The molecule has 4 heteroatoms. The van der Waals surface area contributed by atoms with Crippen LogP contribution in [0.4, 0.5) is 0 Å². The van der Waals surface area contributed by atoms with Crippen LogP contribution in [0.5, 0.6) is 0 Å². The average Bonchev–Trinajstić information content (AvgIpc) is 2.32. The molecule has 0 aliphatic carbocycles. The molecule has 0 fully saturated rings. The van der Waals surface area contributed by atoms with E-state index in [1.165, 1.54) is 0 Å². The third kappa shape index (κ3) is 2.81. The predicted molar refractivity (Wildman–Crippen MR) is 76.7 cm³/mol. The Kier molecular flexibility index (Phi) is 4.18. The van der Waals surface area contributed by atoms with E-state index in [-0.39, 0.29) is 0 Å². The topological polar surface area (TPSA) is 20.2 Å². The van der Waals surface area contributed by atoms with Crippen LogP contribution >= 0.6 is 34.8 Å². The highest BCUT2D eigenvalue weighted by molar-refractivity contribution is 6.35. The molecule has 2 aromatic rings. The molecule has 0 heterocycles. The first-order valence-electron chi connectivity index (χ1n) is 5.38. The van der Waals surface area contributed by atoms with Gasteiger partial charge >= 0.3 is 0 Å². The summed E-state index contributed by atoms with van der Waals surface area (Å²) in [6.45, 7) is 1.91. The van der Waals surface area contributed by atoms with Crippen LogP contribution < -0.4 is 0 Å². The van der Waals surface area contributed by atoms with E-state index in [1.54, 1.807) is 24.3 Å². The van der Waals surface area contributed by atoms with Crippen molar-refractivity contribution in [2.75, 3.05) is 0 Å². The van der Waals surface area contributed by atoms with Crippen molar-refractivity contribution in [2.45, 2.75) is 13.0 Å². The Morgan fingerprint density at radius 2 is 1.67 bits per heavy atom. The first kappa shape index (κ1) is 13.7. The second kappa shape index (κ2) is 5.50. The summed E-state index contributed by atoms with van der Waals surface area (Å²) in [7, 11) is 0. The summed E-state index contributed by atoms with van der Waals surface area (Å²) in [6.07, 6.45) is -0.812. The standard InChI is InChI=1S/C14H11Cl3O/c1-8-2-3-9(6-12(8)16)14(18)11-5-4-10(15)7-13(11)17/h2-7,14,18H,1H3. The SMILES string of the molecule is Cc1ccc(C(O)c2ccc(Cl)cc2Cl)cc1Cl. The van der Waals surface area contributed by atoms with Crippen LogP contribution in [0.1, 0.15) is 22.8 Å². The normalized spacial score (nSPS) is 12.5. The molecule has 0 saturated carbocycles. The summed E-state index contributed by atoms with van der Waals surface area (Å²) >= 11 is 17.9. The van der Waals surface area contributed by atoms with Gasteiger partial charge in [0.2, 0.25) is 0 Å². The lowest BCUT2D eigenvalue weighted by atomic mass is 10.0. The number of hydrogen-bond donors (Lipinski definition) is 1. The van der Waals surface area contributed by atoms with Crippen molar-refractivity contribution in [1.29, 1.82) is 0 Å². The Hall–Kier alpha value is -0.730. The van der Waals surface area contributed by atoms with Crippen molar-refractivity contribution in [1.82, 2.24) is 0 Å². The van der Waals surface area contributed by atoms with Crippen molar-refractivity contribution in [3.8, 4) is 0 Å². The number of benzene rings is 2. The third-order valence-electron chi connectivity index (χ3n) is 2.77. The molecule has 1 atom stereocenters. The van der Waals surface area contributed by atoms with Crippen LogP contribution in [0.25, 0.3) is 0 Å². The fourth-order valence-electron chi connectivity index (χ4n) is 1.68.